The van der Waals surface area contributed by atoms with Gasteiger partial charge in [-0.3, -0.25) is 9.59 Å². The zero-order valence-electron chi connectivity index (χ0n) is 22.2. The molecule has 10 heteroatoms. The molecule has 1 aliphatic carbocycles. The number of carbonyl (C=O) groups excluding carboxylic acids is 3. The van der Waals surface area contributed by atoms with E-state index < -0.39 is 18.2 Å². The van der Waals surface area contributed by atoms with Crippen LogP contribution >= 0.6 is 11.3 Å². The number of likely N-dealkylation sites (tertiary alicyclic amines) is 1. The summed E-state index contributed by atoms with van der Waals surface area (Å²) in [6, 6.07) is 1.69. The maximum atomic E-state index is 14.0. The number of thiophene rings is 1. The minimum absolute atomic E-state index is 0.00391. The van der Waals surface area contributed by atoms with Crippen molar-refractivity contribution in [3.8, 4) is 0 Å². The van der Waals surface area contributed by atoms with Crippen molar-refractivity contribution in [1.29, 1.82) is 0 Å². The van der Waals surface area contributed by atoms with Crippen LogP contribution in [0.1, 0.15) is 87.2 Å². The lowest BCUT2D eigenvalue weighted by Crippen LogP contribution is -2.51. The first-order valence-corrected chi connectivity index (χ1v) is 14.2. The molecule has 3 aliphatic rings. The molecule has 0 aromatic carbocycles. The van der Waals surface area contributed by atoms with E-state index in [1.165, 1.54) is 11.3 Å². The lowest BCUT2D eigenvalue weighted by atomic mass is 9.82. The molecule has 3 fully saturated rings. The Morgan fingerprint density at radius 2 is 1.76 bits per heavy atom. The van der Waals surface area contributed by atoms with Crippen molar-refractivity contribution in [3.05, 3.63) is 15.8 Å². The van der Waals surface area contributed by atoms with Crippen molar-refractivity contribution in [2.24, 2.45) is 11.8 Å². The van der Waals surface area contributed by atoms with E-state index in [-0.39, 0.29) is 40.5 Å². The molecule has 9 nitrogen and oxygen atoms in total. The van der Waals surface area contributed by atoms with E-state index in [1.807, 2.05) is 26.8 Å². The predicted octanol–water partition coefficient (Wildman–Crippen LogP) is 4.39. The summed E-state index contributed by atoms with van der Waals surface area (Å²) in [4.78, 5) is 54.9. The van der Waals surface area contributed by atoms with Gasteiger partial charge in [0.25, 0.3) is 0 Å². The molecule has 0 bridgehead atoms. The molecule has 0 unspecified atom stereocenters. The summed E-state index contributed by atoms with van der Waals surface area (Å²) in [5, 5.41) is 12.7. The molecule has 3 amide bonds. The predicted molar refractivity (Wildman–Crippen MR) is 141 cm³/mol. The van der Waals surface area contributed by atoms with Crippen LogP contribution in [0, 0.1) is 11.8 Å². The number of amides is 3. The topological polar surface area (TPSA) is 116 Å². The number of rotatable bonds is 5. The summed E-state index contributed by atoms with van der Waals surface area (Å²) in [6.07, 6.45) is 3.96. The number of nitrogens with one attached hydrogen (secondary N) is 1. The van der Waals surface area contributed by atoms with E-state index in [0.717, 1.165) is 30.6 Å². The van der Waals surface area contributed by atoms with Crippen molar-refractivity contribution in [2.45, 2.75) is 90.2 Å². The number of hydrogen-bond donors (Lipinski definition) is 2. The summed E-state index contributed by atoms with van der Waals surface area (Å²) >= 11 is 1.24. The van der Waals surface area contributed by atoms with E-state index in [1.54, 1.807) is 9.80 Å². The van der Waals surface area contributed by atoms with Crippen LogP contribution < -0.4 is 10.2 Å². The van der Waals surface area contributed by atoms with E-state index in [0.29, 0.717) is 44.1 Å². The Kier molecular flexibility index (Phi) is 8.16. The van der Waals surface area contributed by atoms with Crippen LogP contribution in [0.15, 0.2) is 6.07 Å². The first-order chi connectivity index (χ1) is 17.4. The highest BCUT2D eigenvalue weighted by Crippen LogP contribution is 2.41. The molecule has 2 saturated heterocycles. The van der Waals surface area contributed by atoms with Gasteiger partial charge in [0, 0.05) is 29.9 Å². The molecule has 1 atom stereocenters. The molecule has 0 radical (unpaired) electrons. The van der Waals surface area contributed by atoms with Crippen LogP contribution in [0.25, 0.3) is 0 Å². The van der Waals surface area contributed by atoms with Crippen molar-refractivity contribution < 1.29 is 29.0 Å². The number of nitrogens with zero attached hydrogens (tertiary/aromatic N) is 2. The fraction of sp³-hybridized carbons (Fsp3) is 0.704. The fourth-order valence-electron chi connectivity index (χ4n) is 5.47. The quantitative estimate of drug-likeness (QED) is 0.580. The standard InChI is InChI=1S/C27H39N3O6S/c1-16-5-7-17(8-6-16)24(32)30(20-14-21(27(2,3)4)37-23(20)25(33)34)18-9-11-29(12-10-18)26(35)36-19-13-22(31)28-15-19/h14,16-19H,5-13,15H2,1-4H3,(H,28,31)(H,33,34)/t16-,17-,19-/m0/s1. The number of carboxylic acid groups (broad SMARTS) is 1. The Bertz CT molecular complexity index is 1030. The van der Waals surface area contributed by atoms with Gasteiger partial charge in [0.1, 0.15) is 11.0 Å². The summed E-state index contributed by atoms with van der Waals surface area (Å²) in [7, 11) is 0. The molecule has 3 heterocycles. The molecule has 4 rings (SSSR count). The third-order valence-electron chi connectivity index (χ3n) is 7.80. The molecule has 2 N–H and O–H groups in total. The summed E-state index contributed by atoms with van der Waals surface area (Å²) in [6.45, 7) is 9.47. The molecule has 2 aliphatic heterocycles. The second kappa shape index (κ2) is 11.0. The Morgan fingerprint density at radius 1 is 1.11 bits per heavy atom. The Hall–Kier alpha value is -2.62. The maximum absolute atomic E-state index is 14.0. The number of carboxylic acids is 1. The molecular weight excluding hydrogens is 494 g/mol. The van der Waals surface area contributed by atoms with Gasteiger partial charge in [-0.25, -0.2) is 9.59 Å². The number of anilines is 1. The van der Waals surface area contributed by atoms with Crippen LogP contribution in [-0.2, 0) is 19.7 Å². The maximum Gasteiger partial charge on any atom is 0.410 e. The fourth-order valence-corrected chi connectivity index (χ4v) is 6.51. The number of ether oxygens (including phenoxy) is 1. The highest BCUT2D eigenvalue weighted by atomic mass is 32.1. The molecule has 0 spiro atoms. The summed E-state index contributed by atoms with van der Waals surface area (Å²) in [5.74, 6) is -0.663. The van der Waals surface area contributed by atoms with Crippen LogP contribution in [-0.4, -0.2) is 65.7 Å². The number of piperidine rings is 1. The van der Waals surface area contributed by atoms with Gasteiger partial charge in [0.05, 0.1) is 18.7 Å². The molecular formula is C27H39N3O6S. The third kappa shape index (κ3) is 6.27. The van der Waals surface area contributed by atoms with Crippen molar-refractivity contribution >= 4 is 40.9 Å². The number of hydrogen-bond acceptors (Lipinski definition) is 6. The largest absolute Gasteiger partial charge is 0.477 e. The first kappa shape index (κ1) is 27.4. The van der Waals surface area contributed by atoms with Gasteiger partial charge < -0.3 is 25.0 Å². The minimum atomic E-state index is -1.02. The van der Waals surface area contributed by atoms with Gasteiger partial charge in [-0.2, -0.15) is 0 Å². The van der Waals surface area contributed by atoms with Crippen LogP contribution in [0.4, 0.5) is 10.5 Å². The van der Waals surface area contributed by atoms with Gasteiger partial charge in [-0.1, -0.05) is 27.7 Å². The highest BCUT2D eigenvalue weighted by Gasteiger charge is 2.39. The van der Waals surface area contributed by atoms with Crippen LogP contribution in [0.3, 0.4) is 0 Å². The molecule has 204 valence electrons. The average molecular weight is 534 g/mol. The average Bonchev–Trinajstić information content (AvgIpc) is 3.46. The highest BCUT2D eigenvalue weighted by molar-refractivity contribution is 7.14. The van der Waals surface area contributed by atoms with Crippen LogP contribution in [0.5, 0.6) is 0 Å². The first-order valence-electron chi connectivity index (χ1n) is 13.4. The van der Waals surface area contributed by atoms with E-state index >= 15 is 0 Å². The molecule has 1 aromatic heterocycles. The monoisotopic (exact) mass is 533 g/mol. The summed E-state index contributed by atoms with van der Waals surface area (Å²) < 4.78 is 5.49. The Balaban J connectivity index is 1.55. The van der Waals surface area contributed by atoms with E-state index in [2.05, 4.69) is 12.2 Å². The summed E-state index contributed by atoms with van der Waals surface area (Å²) in [5.41, 5.74) is 0.244. The molecule has 1 aromatic rings. The zero-order chi connectivity index (χ0) is 26.9. The van der Waals surface area contributed by atoms with Crippen molar-refractivity contribution in [2.75, 3.05) is 24.5 Å². The van der Waals surface area contributed by atoms with Gasteiger partial charge in [0.15, 0.2) is 0 Å². The van der Waals surface area contributed by atoms with Crippen LogP contribution in [0.2, 0.25) is 0 Å². The number of carbonyl (C=O) groups is 4. The van der Waals surface area contributed by atoms with E-state index in [9.17, 15) is 24.3 Å². The van der Waals surface area contributed by atoms with Gasteiger partial charge in [-0.15, -0.1) is 11.3 Å². The lowest BCUT2D eigenvalue weighted by molar-refractivity contribution is -0.124. The second-order valence-corrected chi connectivity index (χ2v) is 12.8. The van der Waals surface area contributed by atoms with Crippen molar-refractivity contribution in [1.82, 2.24) is 10.2 Å². The Labute approximate surface area is 222 Å². The molecule has 1 saturated carbocycles. The Morgan fingerprint density at radius 3 is 2.30 bits per heavy atom. The molecule has 37 heavy (non-hydrogen) atoms. The smallest absolute Gasteiger partial charge is 0.410 e. The van der Waals surface area contributed by atoms with Gasteiger partial charge in [0.2, 0.25) is 11.8 Å². The van der Waals surface area contributed by atoms with Gasteiger partial charge >= 0.3 is 12.1 Å². The van der Waals surface area contributed by atoms with E-state index in [4.69, 9.17) is 4.74 Å². The SMILES string of the molecule is CC(C)(C)c1cc(N(C(=O)[C@H]2CC[C@H](C)CC2)C2CCN(C(=O)O[C@@H]3CNC(=O)C3)CC2)c(C(=O)O)s1. The van der Waals surface area contributed by atoms with Crippen molar-refractivity contribution in [3.63, 3.8) is 0 Å². The zero-order valence-corrected chi connectivity index (χ0v) is 23.1. The second-order valence-electron chi connectivity index (χ2n) is 11.8. The third-order valence-corrected chi connectivity index (χ3v) is 9.34. The lowest BCUT2D eigenvalue weighted by Gasteiger charge is -2.40. The number of aromatic carboxylic acids is 1. The normalized spacial score (nSPS) is 25.0. The van der Waals surface area contributed by atoms with Gasteiger partial charge in [-0.05, 0) is 55.9 Å². The minimum Gasteiger partial charge on any atom is -0.477 e.